The van der Waals surface area contributed by atoms with Crippen molar-refractivity contribution in [2.75, 3.05) is 11.9 Å². The highest BCUT2D eigenvalue weighted by Gasteiger charge is 2.30. The molecule has 30 heavy (non-hydrogen) atoms. The highest BCUT2D eigenvalue weighted by atomic mass is 19.4. The number of halogens is 3. The number of hydrogen-bond acceptors (Lipinski definition) is 3. The van der Waals surface area contributed by atoms with Crippen molar-refractivity contribution >= 4 is 11.7 Å². The third kappa shape index (κ3) is 4.88. The van der Waals surface area contributed by atoms with Crippen molar-refractivity contribution in [1.29, 1.82) is 0 Å². The molecule has 2 N–H and O–H groups in total. The van der Waals surface area contributed by atoms with Crippen LogP contribution >= 0.6 is 0 Å². The van der Waals surface area contributed by atoms with Crippen LogP contribution in [-0.4, -0.2) is 26.9 Å². The second-order valence-corrected chi connectivity index (χ2v) is 6.71. The summed E-state index contributed by atoms with van der Waals surface area (Å²) in [6.07, 6.45) is -4.49. The Morgan fingerprint density at radius 3 is 2.50 bits per heavy atom. The predicted octanol–water partition coefficient (Wildman–Crippen LogP) is 3.40. The minimum atomic E-state index is -4.49. The smallest absolute Gasteiger partial charge is 0.336 e. The second kappa shape index (κ2) is 8.44. The van der Waals surface area contributed by atoms with Crippen LogP contribution in [-0.2, 0) is 19.8 Å². The zero-order chi connectivity index (χ0) is 21.9. The minimum Gasteiger partial charge on any atom is -0.336 e. The normalized spacial score (nSPS) is 11.4. The molecule has 0 aliphatic rings. The van der Waals surface area contributed by atoms with Crippen molar-refractivity contribution in [1.82, 2.24) is 19.7 Å². The van der Waals surface area contributed by atoms with E-state index in [1.165, 1.54) is 23.7 Å². The van der Waals surface area contributed by atoms with E-state index in [4.69, 9.17) is 0 Å². The van der Waals surface area contributed by atoms with Crippen molar-refractivity contribution in [3.63, 3.8) is 0 Å². The van der Waals surface area contributed by atoms with Crippen molar-refractivity contribution in [3.8, 4) is 11.4 Å². The molecule has 0 aliphatic carbocycles. The van der Waals surface area contributed by atoms with Gasteiger partial charge in [0.1, 0.15) is 0 Å². The number of carbonyl (C=O) groups is 1. The first-order valence-corrected chi connectivity index (χ1v) is 9.08. The molecule has 0 aliphatic heterocycles. The fourth-order valence-corrected chi connectivity index (χ4v) is 2.81. The van der Waals surface area contributed by atoms with Crippen molar-refractivity contribution < 1.29 is 18.0 Å². The summed E-state index contributed by atoms with van der Waals surface area (Å²) in [6.45, 7) is 2.10. The van der Waals surface area contributed by atoms with Crippen LogP contribution in [0.25, 0.3) is 11.4 Å². The van der Waals surface area contributed by atoms with E-state index in [9.17, 15) is 22.8 Å². The van der Waals surface area contributed by atoms with Gasteiger partial charge in [-0.2, -0.15) is 13.2 Å². The average Bonchev–Trinajstić information content (AvgIpc) is 2.98. The second-order valence-electron chi connectivity index (χ2n) is 6.71. The van der Waals surface area contributed by atoms with Crippen molar-refractivity contribution in [2.24, 2.45) is 7.05 Å². The number of hydrogen-bond donors (Lipinski definition) is 2. The Morgan fingerprint density at radius 1 is 1.13 bits per heavy atom. The molecule has 0 saturated heterocycles. The standard InChI is InChI=1S/C20H20F3N5O2/c1-13-6-8-16(9-7-13)25-18(29)24-10-11-28-19(30)27(2)17(26-28)14-4-3-5-15(12-14)20(21,22)23/h3-9,12H,10-11H2,1-2H3,(H2,24,25,29). The van der Waals surface area contributed by atoms with Crippen molar-refractivity contribution in [2.45, 2.75) is 19.6 Å². The number of amides is 2. The van der Waals surface area contributed by atoms with Crippen LogP contribution in [0.5, 0.6) is 0 Å². The molecule has 1 heterocycles. The number of aryl methyl sites for hydroxylation is 1. The molecule has 1 aromatic heterocycles. The highest BCUT2D eigenvalue weighted by Crippen LogP contribution is 2.31. The van der Waals surface area contributed by atoms with E-state index in [1.54, 1.807) is 12.1 Å². The fraction of sp³-hybridized carbons (Fsp3) is 0.250. The van der Waals surface area contributed by atoms with Gasteiger partial charge in [-0.1, -0.05) is 29.8 Å². The monoisotopic (exact) mass is 419 g/mol. The Hall–Kier alpha value is -3.56. The largest absolute Gasteiger partial charge is 0.416 e. The third-order valence-corrected chi connectivity index (χ3v) is 4.41. The Balaban J connectivity index is 1.66. The summed E-state index contributed by atoms with van der Waals surface area (Å²) in [5.41, 5.74) is 0.542. The number of urea groups is 1. The molecule has 0 radical (unpaired) electrons. The number of alkyl halides is 3. The molecule has 0 spiro atoms. The van der Waals surface area contributed by atoms with Crippen LogP contribution in [0.1, 0.15) is 11.1 Å². The highest BCUT2D eigenvalue weighted by molar-refractivity contribution is 5.89. The van der Waals surface area contributed by atoms with E-state index in [2.05, 4.69) is 15.7 Å². The summed E-state index contributed by atoms with van der Waals surface area (Å²) in [4.78, 5) is 24.3. The van der Waals surface area contributed by atoms with E-state index in [0.29, 0.717) is 5.69 Å². The molecule has 0 bridgehead atoms. The maximum absolute atomic E-state index is 12.9. The maximum Gasteiger partial charge on any atom is 0.416 e. The van der Waals surface area contributed by atoms with Gasteiger partial charge in [-0.3, -0.25) is 4.57 Å². The van der Waals surface area contributed by atoms with E-state index in [0.717, 1.165) is 22.4 Å². The molecule has 158 valence electrons. The summed E-state index contributed by atoms with van der Waals surface area (Å²) in [7, 11) is 1.43. The summed E-state index contributed by atoms with van der Waals surface area (Å²) in [6, 6.07) is 11.4. The van der Waals surface area contributed by atoms with Gasteiger partial charge < -0.3 is 10.6 Å². The van der Waals surface area contributed by atoms with E-state index in [-0.39, 0.29) is 24.5 Å². The number of rotatable bonds is 5. The lowest BCUT2D eigenvalue weighted by Crippen LogP contribution is -2.34. The van der Waals surface area contributed by atoms with Crippen LogP contribution in [0.4, 0.5) is 23.7 Å². The minimum absolute atomic E-state index is 0.0625. The topological polar surface area (TPSA) is 81.0 Å². The van der Waals surface area contributed by atoms with Gasteiger partial charge in [0.25, 0.3) is 0 Å². The molecule has 0 fully saturated rings. The van der Waals surface area contributed by atoms with Crippen LogP contribution < -0.4 is 16.3 Å². The average molecular weight is 419 g/mol. The Labute approximate surface area is 170 Å². The zero-order valence-corrected chi connectivity index (χ0v) is 16.3. The first-order valence-electron chi connectivity index (χ1n) is 9.08. The van der Waals surface area contributed by atoms with Gasteiger partial charge in [0.05, 0.1) is 12.1 Å². The predicted molar refractivity (Wildman–Crippen MR) is 106 cm³/mol. The zero-order valence-electron chi connectivity index (χ0n) is 16.3. The van der Waals surface area contributed by atoms with Crippen molar-refractivity contribution in [3.05, 3.63) is 70.1 Å². The SMILES string of the molecule is Cc1ccc(NC(=O)NCCn2nc(-c3cccc(C(F)(F)F)c3)n(C)c2=O)cc1. The number of anilines is 1. The van der Waals surface area contributed by atoms with Gasteiger partial charge in [0, 0.05) is 24.8 Å². The maximum atomic E-state index is 12.9. The van der Waals surface area contributed by atoms with Gasteiger partial charge in [-0.25, -0.2) is 14.3 Å². The van der Waals surface area contributed by atoms with Gasteiger partial charge >= 0.3 is 17.9 Å². The number of carbonyl (C=O) groups excluding carboxylic acids is 1. The van der Waals surface area contributed by atoms with E-state index >= 15 is 0 Å². The van der Waals surface area contributed by atoms with Gasteiger partial charge in [-0.05, 0) is 31.2 Å². The Bertz CT molecular complexity index is 1100. The van der Waals surface area contributed by atoms with Gasteiger partial charge in [0.2, 0.25) is 0 Å². The summed E-state index contributed by atoms with van der Waals surface area (Å²) < 4.78 is 41.1. The molecule has 3 rings (SSSR count). The molecule has 2 aromatic carbocycles. The molecule has 0 saturated carbocycles. The molecular weight excluding hydrogens is 399 g/mol. The molecular formula is C20H20F3N5O2. The first-order chi connectivity index (χ1) is 14.1. The van der Waals surface area contributed by atoms with E-state index < -0.39 is 23.5 Å². The molecule has 7 nitrogen and oxygen atoms in total. The van der Waals surface area contributed by atoms with Gasteiger partial charge in [0.15, 0.2) is 5.82 Å². The Kier molecular flexibility index (Phi) is 5.95. The summed E-state index contributed by atoms with van der Waals surface area (Å²) in [5, 5.41) is 9.40. The molecule has 10 heteroatoms. The summed E-state index contributed by atoms with van der Waals surface area (Å²) >= 11 is 0. The number of nitrogens with one attached hydrogen (secondary N) is 2. The lowest BCUT2D eigenvalue weighted by molar-refractivity contribution is -0.137. The first kappa shape index (κ1) is 21.2. The van der Waals surface area contributed by atoms with E-state index in [1.807, 2.05) is 19.1 Å². The molecule has 0 unspecified atom stereocenters. The van der Waals surface area contributed by atoms with Crippen LogP contribution in [0.3, 0.4) is 0 Å². The van der Waals surface area contributed by atoms with Crippen LogP contribution in [0.2, 0.25) is 0 Å². The number of nitrogens with zero attached hydrogens (tertiary/aromatic N) is 3. The lowest BCUT2D eigenvalue weighted by atomic mass is 10.1. The number of benzene rings is 2. The van der Waals surface area contributed by atoms with Gasteiger partial charge in [-0.15, -0.1) is 5.10 Å². The third-order valence-electron chi connectivity index (χ3n) is 4.41. The quantitative estimate of drug-likeness (QED) is 0.665. The Morgan fingerprint density at radius 2 is 1.83 bits per heavy atom. The molecule has 3 aromatic rings. The fourth-order valence-electron chi connectivity index (χ4n) is 2.81. The molecule has 0 atom stereocenters. The lowest BCUT2D eigenvalue weighted by Gasteiger charge is -2.08. The van der Waals surface area contributed by atoms with Crippen LogP contribution in [0, 0.1) is 6.92 Å². The number of aromatic nitrogens is 3. The summed E-state index contributed by atoms with van der Waals surface area (Å²) in [5.74, 6) is 0.107. The van der Waals surface area contributed by atoms with Crippen LogP contribution in [0.15, 0.2) is 53.3 Å². The molecule has 2 amide bonds.